The zero-order valence-electron chi connectivity index (χ0n) is 11.3. The van der Waals surface area contributed by atoms with Crippen LogP contribution >= 0.6 is 23.2 Å². The summed E-state index contributed by atoms with van der Waals surface area (Å²) in [6.07, 6.45) is 3.21. The van der Waals surface area contributed by atoms with Crippen LogP contribution in [0, 0.1) is 0 Å². The molecule has 3 heteroatoms. The molecule has 2 aromatic rings. The molecule has 0 unspecified atom stereocenters. The van der Waals surface area contributed by atoms with Crippen LogP contribution in [0.15, 0.2) is 48.5 Å². The van der Waals surface area contributed by atoms with E-state index in [1.54, 1.807) is 0 Å². The Morgan fingerprint density at radius 3 is 2.45 bits per heavy atom. The third-order valence-corrected chi connectivity index (χ3v) is 3.79. The van der Waals surface area contributed by atoms with Crippen molar-refractivity contribution in [3.05, 3.63) is 64.7 Å². The summed E-state index contributed by atoms with van der Waals surface area (Å²) in [5.74, 6) is 1.17. The molecular formula is C17H18Cl2O. The number of aryl methyl sites for hydroxylation is 1. The Hall–Kier alpha value is -1.18. The average Bonchev–Trinajstić information content (AvgIpc) is 2.48. The van der Waals surface area contributed by atoms with E-state index in [9.17, 15) is 0 Å². The quantitative estimate of drug-likeness (QED) is 0.486. The summed E-state index contributed by atoms with van der Waals surface area (Å²) in [6.45, 7) is 0.692. The van der Waals surface area contributed by atoms with Gasteiger partial charge in [-0.3, -0.25) is 0 Å². The molecule has 0 aliphatic carbocycles. The molecule has 0 heterocycles. The lowest BCUT2D eigenvalue weighted by Crippen LogP contribution is -2.00. The first kappa shape index (κ1) is 15.2. The highest BCUT2D eigenvalue weighted by Crippen LogP contribution is 2.28. The first-order valence-corrected chi connectivity index (χ1v) is 7.72. The number of hydrogen-bond acceptors (Lipinski definition) is 1. The molecule has 0 spiro atoms. The fourth-order valence-electron chi connectivity index (χ4n) is 2.06. The average molecular weight is 309 g/mol. The van der Waals surface area contributed by atoms with E-state index in [-0.39, 0.29) is 0 Å². The standard InChI is InChI=1S/C17H18Cl2O/c18-13-15-16(19)10-6-11-17(15)20-12-5-4-9-14-7-2-1-3-8-14/h1-3,6-8,10-11H,4-5,9,12-13H2. The van der Waals surface area contributed by atoms with Gasteiger partial charge in [-0.15, -0.1) is 11.6 Å². The predicted octanol–water partition coefficient (Wildman–Crippen LogP) is 5.48. The van der Waals surface area contributed by atoms with Crippen molar-refractivity contribution in [1.82, 2.24) is 0 Å². The Bertz CT molecular complexity index is 526. The molecule has 0 radical (unpaired) electrons. The highest BCUT2D eigenvalue weighted by Gasteiger charge is 2.06. The Labute approximate surface area is 130 Å². The van der Waals surface area contributed by atoms with Gasteiger partial charge in [-0.25, -0.2) is 0 Å². The van der Waals surface area contributed by atoms with Crippen molar-refractivity contribution in [3.8, 4) is 5.75 Å². The van der Waals surface area contributed by atoms with Crippen LogP contribution in [0.1, 0.15) is 24.0 Å². The number of hydrogen-bond donors (Lipinski definition) is 0. The Morgan fingerprint density at radius 2 is 1.70 bits per heavy atom. The molecule has 20 heavy (non-hydrogen) atoms. The smallest absolute Gasteiger partial charge is 0.125 e. The van der Waals surface area contributed by atoms with Gasteiger partial charge in [0, 0.05) is 10.6 Å². The second kappa shape index (κ2) is 8.18. The van der Waals surface area contributed by atoms with Gasteiger partial charge >= 0.3 is 0 Å². The van der Waals surface area contributed by atoms with Gasteiger partial charge in [0.2, 0.25) is 0 Å². The lowest BCUT2D eigenvalue weighted by Gasteiger charge is -2.11. The number of rotatable bonds is 7. The number of halogens is 2. The van der Waals surface area contributed by atoms with Gasteiger partial charge in [0.05, 0.1) is 12.5 Å². The van der Waals surface area contributed by atoms with Crippen LogP contribution in [0.25, 0.3) is 0 Å². The maximum atomic E-state index is 6.09. The summed E-state index contributed by atoms with van der Waals surface area (Å²) < 4.78 is 5.78. The van der Waals surface area contributed by atoms with Gasteiger partial charge in [0.1, 0.15) is 5.75 Å². The molecule has 0 aliphatic rings. The lowest BCUT2D eigenvalue weighted by molar-refractivity contribution is 0.305. The first-order chi connectivity index (χ1) is 9.81. The Balaban J connectivity index is 1.75. The summed E-state index contributed by atoms with van der Waals surface area (Å²) in [5.41, 5.74) is 2.25. The fraction of sp³-hybridized carbons (Fsp3) is 0.294. The van der Waals surface area contributed by atoms with E-state index in [0.717, 1.165) is 30.6 Å². The van der Waals surface area contributed by atoms with Gasteiger partial charge in [-0.05, 0) is 37.0 Å². The maximum absolute atomic E-state index is 6.09. The first-order valence-electron chi connectivity index (χ1n) is 6.81. The molecule has 0 N–H and O–H groups in total. The third-order valence-electron chi connectivity index (χ3n) is 3.17. The minimum absolute atomic E-state index is 0.374. The predicted molar refractivity (Wildman–Crippen MR) is 85.9 cm³/mol. The fourth-order valence-corrected chi connectivity index (χ4v) is 2.64. The molecule has 0 saturated carbocycles. The van der Waals surface area contributed by atoms with Gasteiger partial charge in [-0.2, -0.15) is 0 Å². The number of alkyl halides is 1. The van der Waals surface area contributed by atoms with Crippen molar-refractivity contribution >= 4 is 23.2 Å². The minimum Gasteiger partial charge on any atom is -0.493 e. The SMILES string of the molecule is ClCc1c(Cl)cccc1OCCCCc1ccccc1. The van der Waals surface area contributed by atoms with Crippen molar-refractivity contribution in [2.75, 3.05) is 6.61 Å². The molecule has 1 nitrogen and oxygen atoms in total. The van der Waals surface area contributed by atoms with E-state index < -0.39 is 0 Å². The van der Waals surface area contributed by atoms with Crippen LogP contribution in [0.4, 0.5) is 0 Å². The van der Waals surface area contributed by atoms with E-state index in [1.807, 2.05) is 24.3 Å². The number of ether oxygens (including phenoxy) is 1. The second-order valence-electron chi connectivity index (χ2n) is 4.64. The van der Waals surface area contributed by atoms with E-state index in [4.69, 9.17) is 27.9 Å². The van der Waals surface area contributed by atoms with Crippen LogP contribution in [-0.2, 0) is 12.3 Å². The van der Waals surface area contributed by atoms with Crippen molar-refractivity contribution in [2.24, 2.45) is 0 Å². The molecule has 0 atom stereocenters. The molecule has 0 fully saturated rings. The van der Waals surface area contributed by atoms with E-state index in [1.165, 1.54) is 5.56 Å². The molecular weight excluding hydrogens is 291 g/mol. The van der Waals surface area contributed by atoms with Crippen LogP contribution in [0.3, 0.4) is 0 Å². The summed E-state index contributed by atoms with van der Waals surface area (Å²) >= 11 is 12.0. The Kier molecular flexibility index (Phi) is 6.23. The summed E-state index contributed by atoms with van der Waals surface area (Å²) in [6, 6.07) is 16.1. The highest BCUT2D eigenvalue weighted by atomic mass is 35.5. The third kappa shape index (κ3) is 4.43. The number of unbranched alkanes of at least 4 members (excludes halogenated alkanes) is 1. The summed E-state index contributed by atoms with van der Waals surface area (Å²) in [5, 5.41) is 0.668. The van der Waals surface area contributed by atoms with Gasteiger partial charge in [0.15, 0.2) is 0 Å². The molecule has 0 amide bonds. The zero-order valence-corrected chi connectivity index (χ0v) is 12.8. The van der Waals surface area contributed by atoms with Gasteiger partial charge in [-0.1, -0.05) is 48.0 Å². The molecule has 106 valence electrons. The zero-order chi connectivity index (χ0) is 14.2. The minimum atomic E-state index is 0.374. The van der Waals surface area contributed by atoms with E-state index in [2.05, 4.69) is 24.3 Å². The van der Waals surface area contributed by atoms with Crippen molar-refractivity contribution in [3.63, 3.8) is 0 Å². The molecule has 0 aliphatic heterocycles. The van der Waals surface area contributed by atoms with Crippen molar-refractivity contribution in [1.29, 1.82) is 0 Å². The number of benzene rings is 2. The largest absolute Gasteiger partial charge is 0.493 e. The second-order valence-corrected chi connectivity index (χ2v) is 5.32. The monoisotopic (exact) mass is 308 g/mol. The van der Waals surface area contributed by atoms with E-state index >= 15 is 0 Å². The van der Waals surface area contributed by atoms with Crippen LogP contribution in [-0.4, -0.2) is 6.61 Å². The lowest BCUT2D eigenvalue weighted by atomic mass is 10.1. The van der Waals surface area contributed by atoms with Crippen molar-refractivity contribution < 1.29 is 4.74 Å². The highest BCUT2D eigenvalue weighted by molar-refractivity contribution is 6.32. The molecule has 0 aromatic heterocycles. The van der Waals surface area contributed by atoms with Gasteiger partial charge in [0.25, 0.3) is 0 Å². The van der Waals surface area contributed by atoms with Crippen molar-refractivity contribution in [2.45, 2.75) is 25.1 Å². The van der Waals surface area contributed by atoms with Gasteiger partial charge < -0.3 is 4.74 Å². The molecule has 2 aromatic carbocycles. The van der Waals surface area contributed by atoms with Crippen LogP contribution in [0.2, 0.25) is 5.02 Å². The van der Waals surface area contributed by atoms with Crippen LogP contribution in [0.5, 0.6) is 5.75 Å². The topological polar surface area (TPSA) is 9.23 Å². The summed E-state index contributed by atoms with van der Waals surface area (Å²) in [4.78, 5) is 0. The molecule has 2 rings (SSSR count). The molecule has 0 saturated heterocycles. The molecule has 0 bridgehead atoms. The van der Waals surface area contributed by atoms with E-state index in [0.29, 0.717) is 17.5 Å². The normalized spacial score (nSPS) is 10.5. The Morgan fingerprint density at radius 1 is 0.900 bits per heavy atom. The summed E-state index contributed by atoms with van der Waals surface area (Å²) in [7, 11) is 0. The van der Waals surface area contributed by atoms with Crippen LogP contribution < -0.4 is 4.74 Å². The maximum Gasteiger partial charge on any atom is 0.125 e.